The molecule has 0 unspecified atom stereocenters. The van der Waals surface area contributed by atoms with Gasteiger partial charge in [-0.3, -0.25) is 14.4 Å². The number of benzene rings is 2. The van der Waals surface area contributed by atoms with Crippen LogP contribution in [0.25, 0.3) is 0 Å². The van der Waals surface area contributed by atoms with Gasteiger partial charge >= 0.3 is 5.97 Å². The van der Waals surface area contributed by atoms with Crippen LogP contribution < -0.4 is 20.1 Å². The van der Waals surface area contributed by atoms with Gasteiger partial charge in [0, 0.05) is 22.3 Å². The van der Waals surface area contributed by atoms with Gasteiger partial charge < -0.3 is 24.8 Å². The van der Waals surface area contributed by atoms with Crippen LogP contribution in [0.4, 0.5) is 5.69 Å². The smallest absolute Gasteiger partial charge is 0.326 e. The highest BCUT2D eigenvalue weighted by atomic mass is 35.5. The Hall–Kier alpha value is -3.26. The van der Waals surface area contributed by atoms with Gasteiger partial charge in [0.1, 0.15) is 19.8 Å². The molecule has 3 rings (SSSR count). The van der Waals surface area contributed by atoms with Crippen LogP contribution in [0.3, 0.4) is 0 Å². The number of ether oxygens (including phenoxy) is 3. The van der Waals surface area contributed by atoms with Crippen LogP contribution in [0.2, 0.25) is 5.02 Å². The van der Waals surface area contributed by atoms with E-state index in [0.29, 0.717) is 41.0 Å². The van der Waals surface area contributed by atoms with Crippen molar-refractivity contribution in [2.24, 2.45) is 0 Å². The minimum Gasteiger partial charge on any atom is -0.486 e. The number of amides is 2. The first-order valence-corrected chi connectivity index (χ1v) is 9.24. The second kappa shape index (κ2) is 9.29. The molecule has 0 radical (unpaired) electrons. The highest BCUT2D eigenvalue weighted by Gasteiger charge is 2.20. The van der Waals surface area contributed by atoms with Crippen molar-refractivity contribution in [3.63, 3.8) is 0 Å². The summed E-state index contributed by atoms with van der Waals surface area (Å²) >= 11 is 5.77. The Morgan fingerprint density at radius 3 is 2.48 bits per heavy atom. The minimum atomic E-state index is -1.05. The molecule has 152 valence electrons. The maximum atomic E-state index is 12.2. The van der Waals surface area contributed by atoms with E-state index in [-0.39, 0.29) is 6.54 Å². The molecule has 2 aromatic carbocycles. The van der Waals surface area contributed by atoms with Gasteiger partial charge in [-0.2, -0.15) is 0 Å². The minimum absolute atomic E-state index is 0.353. The van der Waals surface area contributed by atoms with E-state index in [9.17, 15) is 14.4 Å². The second-order valence-electron chi connectivity index (χ2n) is 6.17. The normalized spacial score (nSPS) is 13.2. The number of halogens is 1. The Kier molecular flexibility index (Phi) is 6.56. The average Bonchev–Trinajstić information content (AvgIpc) is 2.72. The first kappa shape index (κ1) is 20.5. The Morgan fingerprint density at radius 1 is 1.07 bits per heavy atom. The summed E-state index contributed by atoms with van der Waals surface area (Å²) in [5.74, 6) is -0.572. The molecule has 1 heterocycles. The van der Waals surface area contributed by atoms with Crippen LogP contribution in [0, 0.1) is 0 Å². The third kappa shape index (κ3) is 5.61. The zero-order valence-electron chi connectivity index (χ0n) is 15.6. The molecule has 0 saturated carbocycles. The second-order valence-corrected chi connectivity index (χ2v) is 6.61. The van der Waals surface area contributed by atoms with Gasteiger partial charge in [-0.25, -0.2) is 0 Å². The lowest BCUT2D eigenvalue weighted by atomic mass is 10.2. The highest BCUT2D eigenvalue weighted by molar-refractivity contribution is 6.30. The zero-order chi connectivity index (χ0) is 20.8. The van der Waals surface area contributed by atoms with E-state index >= 15 is 0 Å². The Balaban J connectivity index is 1.47. The summed E-state index contributed by atoms with van der Waals surface area (Å²) in [6.45, 7) is 1.97. The maximum absolute atomic E-state index is 12.2. The number of carbonyl (C=O) groups excluding carboxylic acids is 3. The highest BCUT2D eigenvalue weighted by Crippen LogP contribution is 2.32. The molecular weight excluding hydrogens is 400 g/mol. The van der Waals surface area contributed by atoms with Gasteiger partial charge in [-0.05, 0) is 43.3 Å². The fourth-order valence-electron chi connectivity index (χ4n) is 2.51. The lowest BCUT2D eigenvalue weighted by molar-refractivity contribution is -0.152. The molecule has 0 bridgehead atoms. The number of hydrogen-bond acceptors (Lipinski definition) is 6. The molecule has 29 heavy (non-hydrogen) atoms. The summed E-state index contributed by atoms with van der Waals surface area (Å²) in [6.07, 6.45) is -1.05. The van der Waals surface area contributed by atoms with Gasteiger partial charge in [-0.15, -0.1) is 0 Å². The van der Waals surface area contributed by atoms with E-state index in [2.05, 4.69) is 10.6 Å². The van der Waals surface area contributed by atoms with Gasteiger partial charge in [0.05, 0.1) is 0 Å². The topological polar surface area (TPSA) is 103 Å². The lowest BCUT2D eigenvalue weighted by Gasteiger charge is -2.19. The molecule has 9 heteroatoms. The van der Waals surface area contributed by atoms with E-state index in [0.717, 1.165) is 0 Å². The van der Waals surface area contributed by atoms with E-state index in [1.165, 1.54) is 19.1 Å². The summed E-state index contributed by atoms with van der Waals surface area (Å²) < 4.78 is 15.9. The summed E-state index contributed by atoms with van der Waals surface area (Å²) in [4.78, 5) is 36.1. The molecule has 8 nitrogen and oxygen atoms in total. The van der Waals surface area contributed by atoms with Gasteiger partial charge in [0.2, 0.25) is 0 Å². The number of esters is 1. The zero-order valence-corrected chi connectivity index (χ0v) is 16.3. The van der Waals surface area contributed by atoms with Crippen LogP contribution in [0.1, 0.15) is 17.3 Å². The number of anilines is 1. The number of rotatable bonds is 6. The third-order valence-corrected chi connectivity index (χ3v) is 4.24. The van der Waals surface area contributed by atoms with Gasteiger partial charge in [-0.1, -0.05) is 11.6 Å². The molecule has 0 aliphatic carbocycles. The van der Waals surface area contributed by atoms with Crippen LogP contribution in [-0.4, -0.2) is 43.6 Å². The van der Waals surface area contributed by atoms with E-state index < -0.39 is 23.9 Å². The summed E-state index contributed by atoms with van der Waals surface area (Å²) in [5.41, 5.74) is 0.838. The molecule has 1 aliphatic rings. The van der Waals surface area contributed by atoms with Crippen LogP contribution >= 0.6 is 11.6 Å². The van der Waals surface area contributed by atoms with Crippen molar-refractivity contribution in [2.45, 2.75) is 13.0 Å². The maximum Gasteiger partial charge on any atom is 0.326 e. The molecule has 1 aliphatic heterocycles. The molecule has 1 atom stereocenters. The fourth-order valence-corrected chi connectivity index (χ4v) is 2.64. The van der Waals surface area contributed by atoms with Crippen molar-refractivity contribution in [2.75, 3.05) is 25.1 Å². The molecular formula is C20H19ClN2O6. The standard InChI is InChI=1S/C20H19ClN2O6/c1-12(19(25)23-15-6-7-16-17(10-15)28-9-8-27-16)29-18(24)11-22-20(26)13-2-4-14(21)5-3-13/h2-7,10,12H,8-9,11H2,1H3,(H,22,26)(H,23,25)/t12-/m0/s1. The quantitative estimate of drug-likeness (QED) is 0.698. The van der Waals surface area contributed by atoms with E-state index in [1.54, 1.807) is 30.3 Å². The van der Waals surface area contributed by atoms with Crippen LogP contribution in [-0.2, 0) is 14.3 Å². The molecule has 0 spiro atoms. The summed E-state index contributed by atoms with van der Waals surface area (Å²) in [7, 11) is 0. The molecule has 0 fully saturated rings. The van der Waals surface area contributed by atoms with Crippen LogP contribution in [0.5, 0.6) is 11.5 Å². The molecule has 0 aromatic heterocycles. The predicted octanol–water partition coefficient (Wildman–Crippen LogP) is 2.41. The third-order valence-electron chi connectivity index (χ3n) is 3.99. The summed E-state index contributed by atoms with van der Waals surface area (Å²) in [6, 6.07) is 11.2. The Labute approximate surface area is 172 Å². The number of fused-ring (bicyclic) bond motifs is 1. The molecule has 2 amide bonds. The number of carbonyl (C=O) groups is 3. The first-order valence-electron chi connectivity index (χ1n) is 8.86. The Morgan fingerprint density at radius 2 is 1.76 bits per heavy atom. The van der Waals surface area contributed by atoms with Crippen molar-refractivity contribution in [1.29, 1.82) is 0 Å². The average molecular weight is 419 g/mol. The lowest BCUT2D eigenvalue weighted by Crippen LogP contribution is -2.35. The Bertz CT molecular complexity index is 916. The molecule has 2 N–H and O–H groups in total. The van der Waals surface area contributed by atoms with E-state index in [4.69, 9.17) is 25.8 Å². The monoisotopic (exact) mass is 418 g/mol. The van der Waals surface area contributed by atoms with Gasteiger partial charge in [0.15, 0.2) is 17.6 Å². The number of hydrogen-bond donors (Lipinski definition) is 2. The van der Waals surface area contributed by atoms with Crippen molar-refractivity contribution in [1.82, 2.24) is 5.32 Å². The van der Waals surface area contributed by atoms with Crippen molar-refractivity contribution >= 4 is 35.1 Å². The van der Waals surface area contributed by atoms with Crippen LogP contribution in [0.15, 0.2) is 42.5 Å². The first-order chi connectivity index (χ1) is 13.9. The largest absolute Gasteiger partial charge is 0.486 e. The van der Waals surface area contributed by atoms with Crippen molar-refractivity contribution in [3.05, 3.63) is 53.1 Å². The fraction of sp³-hybridized carbons (Fsp3) is 0.250. The van der Waals surface area contributed by atoms with Gasteiger partial charge in [0.25, 0.3) is 11.8 Å². The number of nitrogens with one attached hydrogen (secondary N) is 2. The molecule has 0 saturated heterocycles. The molecule has 2 aromatic rings. The van der Waals surface area contributed by atoms with Crippen molar-refractivity contribution in [3.8, 4) is 11.5 Å². The SMILES string of the molecule is C[C@H](OC(=O)CNC(=O)c1ccc(Cl)cc1)C(=O)Nc1ccc2c(c1)OCCO2. The predicted molar refractivity (Wildman–Crippen MR) is 105 cm³/mol. The summed E-state index contributed by atoms with van der Waals surface area (Å²) in [5, 5.41) is 5.57. The van der Waals surface area contributed by atoms with Crippen molar-refractivity contribution < 1.29 is 28.6 Å². The van der Waals surface area contributed by atoms with E-state index in [1.807, 2.05) is 0 Å².